The van der Waals surface area contributed by atoms with Crippen molar-refractivity contribution in [1.82, 2.24) is 10.2 Å². The van der Waals surface area contributed by atoms with Crippen LogP contribution in [0, 0.1) is 0 Å². The van der Waals surface area contributed by atoms with Gasteiger partial charge in [-0.05, 0) is 44.0 Å². The van der Waals surface area contributed by atoms with Crippen molar-refractivity contribution in [3.05, 3.63) is 34.9 Å². The van der Waals surface area contributed by atoms with Crippen molar-refractivity contribution >= 4 is 27.3 Å². The summed E-state index contributed by atoms with van der Waals surface area (Å²) in [7, 11) is -2.98. The predicted molar refractivity (Wildman–Crippen MR) is 92.5 cm³/mol. The fourth-order valence-electron chi connectivity index (χ4n) is 2.88. The smallest absolute Gasteiger partial charge is 0.236 e. The maximum atomic E-state index is 12.3. The van der Waals surface area contributed by atoms with Gasteiger partial charge in [-0.25, -0.2) is 8.42 Å². The molecule has 1 heterocycles. The van der Waals surface area contributed by atoms with Gasteiger partial charge in [0.15, 0.2) is 9.84 Å². The average Bonchev–Trinajstić information content (AvgIpc) is 2.84. The number of sulfone groups is 1. The largest absolute Gasteiger partial charge is 0.338 e. The molecule has 1 fully saturated rings. The third-order valence-electron chi connectivity index (χ3n) is 4.07. The van der Waals surface area contributed by atoms with Gasteiger partial charge in [-0.2, -0.15) is 0 Å². The molecule has 0 aromatic heterocycles. The van der Waals surface area contributed by atoms with E-state index < -0.39 is 9.84 Å². The van der Waals surface area contributed by atoms with Gasteiger partial charge in [0.25, 0.3) is 0 Å². The molecule has 1 aliphatic heterocycles. The normalized spacial score (nSPS) is 19.7. The van der Waals surface area contributed by atoms with Gasteiger partial charge in [0, 0.05) is 17.6 Å². The van der Waals surface area contributed by atoms with E-state index in [2.05, 4.69) is 5.32 Å². The Bertz CT molecular complexity index is 648. The van der Waals surface area contributed by atoms with Crippen molar-refractivity contribution in [3.63, 3.8) is 0 Å². The standard InChI is InChI=1S/C16H23ClN2O3S/c1-2-19(15-7-9-23(21,22)12-15)16(20)11-18-8-6-13-4-3-5-14(17)10-13/h3-5,10,15,18H,2,6-9,11-12H2,1H3. The van der Waals surface area contributed by atoms with E-state index in [1.807, 2.05) is 31.2 Å². The van der Waals surface area contributed by atoms with E-state index in [0.29, 0.717) is 24.5 Å². The number of carbonyl (C=O) groups excluding carboxylic acids is 1. The molecule has 1 amide bonds. The minimum absolute atomic E-state index is 0.0410. The molecule has 128 valence electrons. The Kier molecular flexibility index (Phi) is 6.44. The van der Waals surface area contributed by atoms with Crippen molar-refractivity contribution in [3.8, 4) is 0 Å². The summed E-state index contributed by atoms with van der Waals surface area (Å²) in [6.45, 7) is 3.32. The molecule has 1 N–H and O–H groups in total. The van der Waals surface area contributed by atoms with Crippen LogP contribution in [-0.2, 0) is 21.1 Å². The Labute approximate surface area is 142 Å². The summed E-state index contributed by atoms with van der Waals surface area (Å²) in [5, 5.41) is 3.84. The van der Waals surface area contributed by atoms with Gasteiger partial charge >= 0.3 is 0 Å². The lowest BCUT2D eigenvalue weighted by Crippen LogP contribution is -2.45. The van der Waals surface area contributed by atoms with Crippen molar-refractivity contribution in [1.29, 1.82) is 0 Å². The summed E-state index contributed by atoms with van der Waals surface area (Å²) in [6.07, 6.45) is 1.34. The van der Waals surface area contributed by atoms with E-state index in [-0.39, 0.29) is 30.0 Å². The highest BCUT2D eigenvalue weighted by Crippen LogP contribution is 2.17. The molecule has 23 heavy (non-hydrogen) atoms. The second-order valence-corrected chi connectivity index (χ2v) is 8.46. The van der Waals surface area contributed by atoms with Gasteiger partial charge < -0.3 is 10.2 Å². The van der Waals surface area contributed by atoms with E-state index in [0.717, 1.165) is 12.0 Å². The van der Waals surface area contributed by atoms with Crippen LogP contribution in [0.2, 0.25) is 5.02 Å². The fraction of sp³-hybridized carbons (Fsp3) is 0.562. The highest BCUT2D eigenvalue weighted by Gasteiger charge is 2.33. The third kappa shape index (κ3) is 5.48. The second kappa shape index (κ2) is 8.13. The summed E-state index contributed by atoms with van der Waals surface area (Å²) in [6, 6.07) is 7.47. The number of rotatable bonds is 7. The maximum Gasteiger partial charge on any atom is 0.236 e. The molecule has 2 rings (SSSR count). The molecule has 0 saturated carbocycles. The van der Waals surface area contributed by atoms with E-state index >= 15 is 0 Å². The third-order valence-corrected chi connectivity index (χ3v) is 6.05. The number of amides is 1. The van der Waals surface area contributed by atoms with Gasteiger partial charge in [0.1, 0.15) is 0 Å². The van der Waals surface area contributed by atoms with Crippen LogP contribution >= 0.6 is 11.6 Å². The Balaban J connectivity index is 1.77. The highest BCUT2D eigenvalue weighted by molar-refractivity contribution is 7.91. The molecule has 1 unspecified atom stereocenters. The van der Waals surface area contributed by atoms with Crippen LogP contribution in [0.5, 0.6) is 0 Å². The van der Waals surface area contributed by atoms with Crippen LogP contribution in [0.4, 0.5) is 0 Å². The molecule has 1 aromatic carbocycles. The van der Waals surface area contributed by atoms with E-state index in [1.54, 1.807) is 4.90 Å². The number of hydrogen-bond acceptors (Lipinski definition) is 4. The predicted octanol–water partition coefficient (Wildman–Crippen LogP) is 1.51. The lowest BCUT2D eigenvalue weighted by atomic mass is 10.1. The monoisotopic (exact) mass is 358 g/mol. The number of hydrogen-bond donors (Lipinski definition) is 1. The minimum Gasteiger partial charge on any atom is -0.338 e. The summed E-state index contributed by atoms with van der Waals surface area (Å²) >= 11 is 5.93. The first kappa shape index (κ1) is 18.2. The number of nitrogens with one attached hydrogen (secondary N) is 1. The van der Waals surface area contributed by atoms with Crippen LogP contribution < -0.4 is 5.32 Å². The zero-order valence-electron chi connectivity index (χ0n) is 13.3. The van der Waals surface area contributed by atoms with E-state index in [4.69, 9.17) is 11.6 Å². The molecule has 5 nitrogen and oxygen atoms in total. The fourth-order valence-corrected chi connectivity index (χ4v) is 4.83. The first-order valence-electron chi connectivity index (χ1n) is 7.86. The lowest BCUT2D eigenvalue weighted by molar-refractivity contribution is -0.131. The van der Waals surface area contributed by atoms with Gasteiger partial charge in [-0.3, -0.25) is 4.79 Å². The SMILES string of the molecule is CCN(C(=O)CNCCc1cccc(Cl)c1)C1CCS(=O)(=O)C1. The van der Waals surface area contributed by atoms with Crippen molar-refractivity contribution in [2.75, 3.05) is 31.1 Å². The highest BCUT2D eigenvalue weighted by atomic mass is 35.5. The Morgan fingerprint density at radius 1 is 1.43 bits per heavy atom. The van der Waals surface area contributed by atoms with Gasteiger partial charge in [-0.1, -0.05) is 23.7 Å². The van der Waals surface area contributed by atoms with Crippen LogP contribution in [0.25, 0.3) is 0 Å². The van der Waals surface area contributed by atoms with Crippen molar-refractivity contribution in [2.45, 2.75) is 25.8 Å². The Hall–Kier alpha value is -1.11. The number of carbonyl (C=O) groups is 1. The molecular formula is C16H23ClN2O3S. The van der Waals surface area contributed by atoms with Crippen molar-refractivity contribution in [2.24, 2.45) is 0 Å². The lowest BCUT2D eigenvalue weighted by Gasteiger charge is -2.27. The molecule has 1 saturated heterocycles. The van der Waals surface area contributed by atoms with Crippen LogP contribution in [0.3, 0.4) is 0 Å². The molecular weight excluding hydrogens is 336 g/mol. The quantitative estimate of drug-likeness (QED) is 0.750. The number of nitrogens with zero attached hydrogens (tertiary/aromatic N) is 1. The Morgan fingerprint density at radius 3 is 2.83 bits per heavy atom. The molecule has 0 bridgehead atoms. The molecule has 1 atom stereocenters. The first-order chi connectivity index (χ1) is 10.9. The van der Waals surface area contributed by atoms with E-state index in [9.17, 15) is 13.2 Å². The second-order valence-electron chi connectivity index (χ2n) is 5.79. The van der Waals surface area contributed by atoms with Crippen molar-refractivity contribution < 1.29 is 13.2 Å². The van der Waals surface area contributed by atoms with E-state index in [1.165, 1.54) is 0 Å². The summed E-state index contributed by atoms with van der Waals surface area (Å²) < 4.78 is 23.1. The minimum atomic E-state index is -2.98. The van der Waals surface area contributed by atoms with Crippen LogP contribution in [0.15, 0.2) is 24.3 Å². The zero-order valence-corrected chi connectivity index (χ0v) is 14.9. The zero-order chi connectivity index (χ0) is 16.9. The molecule has 0 aliphatic carbocycles. The van der Waals surface area contributed by atoms with Crippen LogP contribution in [-0.4, -0.2) is 56.4 Å². The van der Waals surface area contributed by atoms with Crippen LogP contribution in [0.1, 0.15) is 18.9 Å². The molecule has 1 aliphatic rings. The van der Waals surface area contributed by atoms with Gasteiger partial charge in [0.2, 0.25) is 5.91 Å². The number of likely N-dealkylation sites (N-methyl/N-ethyl adjacent to an activating group) is 1. The summed E-state index contributed by atoms with van der Waals surface area (Å²) in [4.78, 5) is 14.0. The topological polar surface area (TPSA) is 66.5 Å². The summed E-state index contributed by atoms with van der Waals surface area (Å²) in [5.74, 6) is 0.236. The number of benzene rings is 1. The summed E-state index contributed by atoms with van der Waals surface area (Å²) in [5.41, 5.74) is 1.12. The molecule has 1 aromatic rings. The average molecular weight is 359 g/mol. The molecule has 0 spiro atoms. The van der Waals surface area contributed by atoms with Gasteiger partial charge in [-0.15, -0.1) is 0 Å². The number of halogens is 1. The molecule has 7 heteroatoms. The Morgan fingerprint density at radius 2 is 2.22 bits per heavy atom. The van der Waals surface area contributed by atoms with Gasteiger partial charge in [0.05, 0.1) is 18.1 Å². The first-order valence-corrected chi connectivity index (χ1v) is 10.1. The molecule has 0 radical (unpaired) electrons. The maximum absolute atomic E-state index is 12.3.